The molecule has 0 aromatic carbocycles. The van der Waals surface area contributed by atoms with Crippen LogP contribution in [0.25, 0.3) is 0 Å². The van der Waals surface area contributed by atoms with Crippen molar-refractivity contribution in [3.05, 3.63) is 0 Å². The molecule has 0 bridgehead atoms. The number of hydrogen-bond acceptors (Lipinski definition) is 2. The van der Waals surface area contributed by atoms with Crippen LogP contribution in [0, 0.1) is 5.92 Å². The fourth-order valence-corrected chi connectivity index (χ4v) is 1.98. The summed E-state index contributed by atoms with van der Waals surface area (Å²) in [6, 6.07) is 0. The number of piperidine rings is 1. The molecule has 2 N–H and O–H groups in total. The molecule has 1 aliphatic rings. The van der Waals surface area contributed by atoms with Crippen molar-refractivity contribution in [2.45, 2.75) is 12.8 Å². The lowest BCUT2D eigenvalue weighted by Gasteiger charge is -2.25. The Morgan fingerprint density at radius 3 is 2.80 bits per heavy atom. The minimum absolute atomic E-state index is 0.0886. The second-order valence-electron chi connectivity index (χ2n) is 2.61. The summed E-state index contributed by atoms with van der Waals surface area (Å²) in [4.78, 5) is 10.7. The Labute approximate surface area is 74.4 Å². The van der Waals surface area contributed by atoms with Crippen molar-refractivity contribution < 1.29 is 4.79 Å². The number of nitrogens with zero attached hydrogens (tertiary/aromatic N) is 1. The second kappa shape index (κ2) is 3.52. The van der Waals surface area contributed by atoms with Crippen molar-refractivity contribution in [3.63, 3.8) is 0 Å². The van der Waals surface area contributed by atoms with Crippen LogP contribution in [0.15, 0.2) is 0 Å². The lowest BCUT2D eigenvalue weighted by atomic mass is 9.99. The first-order chi connectivity index (χ1) is 4.70. The van der Waals surface area contributed by atoms with Crippen LogP contribution in [-0.2, 0) is 4.79 Å². The molecule has 0 aromatic rings. The molecule has 3 nitrogen and oxygen atoms in total. The molecule has 1 saturated heterocycles. The van der Waals surface area contributed by atoms with Gasteiger partial charge in [-0.05, 0) is 12.8 Å². The number of carbonyl (C=O) groups excluding carboxylic acids is 1. The quantitative estimate of drug-likeness (QED) is 0.548. The van der Waals surface area contributed by atoms with Crippen molar-refractivity contribution in [3.8, 4) is 0 Å². The van der Waals surface area contributed by atoms with Gasteiger partial charge in [-0.15, -0.1) is 0 Å². The van der Waals surface area contributed by atoms with Gasteiger partial charge in [-0.25, -0.2) is 3.11 Å². The largest absolute Gasteiger partial charge is 0.369 e. The predicted molar refractivity (Wildman–Crippen MR) is 47.5 cm³/mol. The van der Waals surface area contributed by atoms with E-state index in [9.17, 15) is 4.79 Å². The highest BCUT2D eigenvalue weighted by molar-refractivity contribution is 14.1. The van der Waals surface area contributed by atoms with Gasteiger partial charge in [0.05, 0.1) is 5.92 Å². The molecule has 10 heavy (non-hydrogen) atoms. The van der Waals surface area contributed by atoms with Crippen molar-refractivity contribution in [1.29, 1.82) is 0 Å². The summed E-state index contributed by atoms with van der Waals surface area (Å²) in [6.07, 6.45) is 2.06. The van der Waals surface area contributed by atoms with E-state index in [0.29, 0.717) is 0 Å². The number of nitrogens with two attached hydrogens (primary N) is 1. The monoisotopic (exact) mass is 254 g/mol. The van der Waals surface area contributed by atoms with E-state index in [0.717, 1.165) is 25.9 Å². The van der Waals surface area contributed by atoms with E-state index >= 15 is 0 Å². The van der Waals surface area contributed by atoms with Gasteiger partial charge >= 0.3 is 0 Å². The van der Waals surface area contributed by atoms with E-state index < -0.39 is 0 Å². The SMILES string of the molecule is NC(=O)[C@@H]1CCCN(I)C1. The molecule has 58 valence electrons. The molecule has 0 saturated carbocycles. The fraction of sp³-hybridized carbons (Fsp3) is 0.833. The van der Waals surface area contributed by atoms with Gasteiger partial charge < -0.3 is 5.73 Å². The first kappa shape index (κ1) is 8.26. The summed E-state index contributed by atoms with van der Waals surface area (Å²) >= 11 is 2.23. The third-order valence-corrected chi connectivity index (χ3v) is 2.65. The molecular weight excluding hydrogens is 243 g/mol. The van der Waals surface area contributed by atoms with E-state index in [1.54, 1.807) is 0 Å². The van der Waals surface area contributed by atoms with E-state index in [4.69, 9.17) is 5.73 Å². The van der Waals surface area contributed by atoms with E-state index in [-0.39, 0.29) is 11.8 Å². The van der Waals surface area contributed by atoms with Crippen molar-refractivity contribution in [2.75, 3.05) is 13.1 Å². The van der Waals surface area contributed by atoms with Crippen LogP contribution in [0.4, 0.5) is 0 Å². The first-order valence-electron chi connectivity index (χ1n) is 3.40. The number of rotatable bonds is 1. The smallest absolute Gasteiger partial charge is 0.221 e. The molecule has 0 radical (unpaired) electrons. The van der Waals surface area contributed by atoms with Crippen LogP contribution < -0.4 is 5.73 Å². The molecule has 1 fully saturated rings. The zero-order valence-electron chi connectivity index (χ0n) is 5.72. The summed E-state index contributed by atoms with van der Waals surface area (Å²) < 4.78 is 2.12. The predicted octanol–water partition coefficient (Wildman–Crippen LogP) is 0.534. The molecule has 0 aliphatic carbocycles. The first-order valence-corrected chi connectivity index (χ1v) is 4.36. The summed E-state index contributed by atoms with van der Waals surface area (Å²) in [5, 5.41) is 0. The van der Waals surface area contributed by atoms with Crippen LogP contribution in [0.2, 0.25) is 0 Å². The second-order valence-corrected chi connectivity index (χ2v) is 3.97. The van der Waals surface area contributed by atoms with Gasteiger partial charge in [0.25, 0.3) is 0 Å². The minimum Gasteiger partial charge on any atom is -0.369 e. The van der Waals surface area contributed by atoms with Crippen LogP contribution in [0.3, 0.4) is 0 Å². The van der Waals surface area contributed by atoms with E-state index in [1.165, 1.54) is 0 Å². The normalized spacial score (nSPS) is 28.3. The van der Waals surface area contributed by atoms with Gasteiger partial charge in [0.2, 0.25) is 5.91 Å². The maximum Gasteiger partial charge on any atom is 0.221 e. The van der Waals surface area contributed by atoms with Crippen molar-refractivity contribution in [1.82, 2.24) is 3.11 Å². The number of amides is 1. The molecule has 1 aliphatic heterocycles. The molecule has 0 unspecified atom stereocenters. The Balaban J connectivity index is 2.39. The van der Waals surface area contributed by atoms with Crippen molar-refractivity contribution >= 4 is 28.8 Å². The van der Waals surface area contributed by atoms with Crippen LogP contribution in [0.5, 0.6) is 0 Å². The lowest BCUT2D eigenvalue weighted by molar-refractivity contribution is -0.122. The molecule has 0 aromatic heterocycles. The number of halogens is 1. The van der Waals surface area contributed by atoms with Gasteiger partial charge in [0.15, 0.2) is 0 Å². The zero-order valence-corrected chi connectivity index (χ0v) is 7.87. The molecule has 1 amide bonds. The third-order valence-electron chi connectivity index (χ3n) is 1.77. The fourth-order valence-electron chi connectivity index (χ4n) is 1.16. The maximum absolute atomic E-state index is 10.7. The van der Waals surface area contributed by atoms with Gasteiger partial charge in [-0.2, -0.15) is 0 Å². The Morgan fingerprint density at radius 2 is 2.40 bits per heavy atom. The zero-order chi connectivity index (χ0) is 7.56. The Kier molecular flexibility index (Phi) is 2.91. The van der Waals surface area contributed by atoms with Crippen molar-refractivity contribution in [2.24, 2.45) is 11.7 Å². The highest BCUT2D eigenvalue weighted by Gasteiger charge is 2.21. The average Bonchev–Trinajstić information content (AvgIpc) is 1.88. The van der Waals surface area contributed by atoms with Gasteiger partial charge in [0, 0.05) is 36.0 Å². The molecule has 0 spiro atoms. The van der Waals surface area contributed by atoms with Gasteiger partial charge in [-0.3, -0.25) is 4.79 Å². The molecule has 1 rings (SSSR count). The number of primary amides is 1. The highest BCUT2D eigenvalue weighted by atomic mass is 127. The maximum atomic E-state index is 10.7. The molecule has 4 heteroatoms. The minimum atomic E-state index is -0.152. The van der Waals surface area contributed by atoms with E-state index in [1.807, 2.05) is 0 Å². The number of hydrogen-bond donors (Lipinski definition) is 1. The molecular formula is C6H11IN2O. The Bertz CT molecular complexity index is 140. The standard InChI is InChI=1S/C6H11IN2O/c7-9-3-1-2-5(4-9)6(8)10/h5H,1-4H2,(H2,8,10)/t5-/m1/s1. The van der Waals surface area contributed by atoms with E-state index in [2.05, 4.69) is 26.0 Å². The highest BCUT2D eigenvalue weighted by Crippen LogP contribution is 2.18. The third kappa shape index (κ3) is 2.09. The summed E-state index contributed by atoms with van der Waals surface area (Å²) in [5.74, 6) is -0.0629. The average molecular weight is 254 g/mol. The lowest BCUT2D eigenvalue weighted by Crippen LogP contribution is -2.36. The Hall–Kier alpha value is 0.160. The number of carbonyl (C=O) groups is 1. The summed E-state index contributed by atoms with van der Waals surface area (Å²) in [7, 11) is 0. The van der Waals surface area contributed by atoms with Crippen LogP contribution >= 0.6 is 22.9 Å². The molecule has 1 heterocycles. The van der Waals surface area contributed by atoms with Crippen LogP contribution in [0.1, 0.15) is 12.8 Å². The summed E-state index contributed by atoms with van der Waals surface area (Å²) in [5.41, 5.74) is 5.16. The Morgan fingerprint density at radius 1 is 1.70 bits per heavy atom. The van der Waals surface area contributed by atoms with Gasteiger partial charge in [-0.1, -0.05) is 0 Å². The topological polar surface area (TPSA) is 46.3 Å². The molecule has 1 atom stereocenters. The summed E-state index contributed by atoms with van der Waals surface area (Å²) in [6.45, 7) is 1.92. The van der Waals surface area contributed by atoms with Crippen LogP contribution in [-0.4, -0.2) is 22.1 Å². The van der Waals surface area contributed by atoms with Gasteiger partial charge in [0.1, 0.15) is 0 Å².